The van der Waals surface area contributed by atoms with Crippen LogP contribution in [0, 0.1) is 19.8 Å². The maximum atomic E-state index is 5.74. The first-order valence-corrected chi connectivity index (χ1v) is 11.5. The van der Waals surface area contributed by atoms with Crippen LogP contribution in [-0.2, 0) is 6.54 Å². The van der Waals surface area contributed by atoms with Gasteiger partial charge in [0, 0.05) is 24.8 Å². The van der Waals surface area contributed by atoms with Crippen molar-refractivity contribution in [1.82, 2.24) is 15.2 Å². The van der Waals surface area contributed by atoms with Crippen LogP contribution in [0.5, 0.6) is 11.5 Å². The third-order valence-corrected chi connectivity index (χ3v) is 5.72. The Labute approximate surface area is 191 Å². The van der Waals surface area contributed by atoms with Crippen LogP contribution in [0.3, 0.4) is 0 Å². The summed E-state index contributed by atoms with van der Waals surface area (Å²) in [6.45, 7) is 13.0. The number of methoxy groups -OCH3 is 1. The van der Waals surface area contributed by atoms with Crippen LogP contribution in [0.25, 0.3) is 0 Å². The van der Waals surface area contributed by atoms with Crippen molar-refractivity contribution in [3.63, 3.8) is 0 Å². The summed E-state index contributed by atoms with van der Waals surface area (Å²) in [6, 6.07) is 5.82. The molecule has 0 spiro atoms. The van der Waals surface area contributed by atoms with Gasteiger partial charge in [-0.15, -0.1) is 0 Å². The van der Waals surface area contributed by atoms with E-state index in [1.165, 1.54) is 0 Å². The molecule has 2 N–H and O–H groups in total. The van der Waals surface area contributed by atoms with Crippen molar-refractivity contribution >= 4 is 11.6 Å². The standard InChI is InChI=1S/C24H37N5O3/c1-6-25-24(28-20-8-9-21(30-5)22(14-20)31-7-2)26-15-19-10-12-29(13-11-19)16-23-27-17(3)18(4)32-23/h8-9,14,19H,6-7,10-13,15-16H2,1-5H3,(H2,25,26,28). The number of hydrogen-bond acceptors (Lipinski definition) is 6. The molecular weight excluding hydrogens is 406 g/mol. The number of nitrogens with one attached hydrogen (secondary N) is 2. The van der Waals surface area contributed by atoms with Crippen molar-refractivity contribution in [2.75, 3.05) is 45.2 Å². The molecule has 8 heteroatoms. The van der Waals surface area contributed by atoms with Crippen LogP contribution < -0.4 is 20.1 Å². The highest BCUT2D eigenvalue weighted by atomic mass is 16.5. The summed E-state index contributed by atoms with van der Waals surface area (Å²) >= 11 is 0. The predicted molar refractivity (Wildman–Crippen MR) is 128 cm³/mol. The Morgan fingerprint density at radius 1 is 1.22 bits per heavy atom. The molecule has 1 aromatic carbocycles. The van der Waals surface area contributed by atoms with Crippen LogP contribution in [-0.4, -0.2) is 55.7 Å². The second kappa shape index (κ2) is 11.8. The van der Waals surface area contributed by atoms with E-state index in [0.717, 1.165) is 86.1 Å². The molecule has 1 aliphatic heterocycles. The zero-order valence-corrected chi connectivity index (χ0v) is 20.0. The van der Waals surface area contributed by atoms with Crippen LogP contribution >= 0.6 is 0 Å². The average molecular weight is 444 g/mol. The fourth-order valence-electron chi connectivity index (χ4n) is 3.81. The Morgan fingerprint density at radius 3 is 2.62 bits per heavy atom. The Morgan fingerprint density at radius 2 is 2.00 bits per heavy atom. The van der Waals surface area contributed by atoms with Gasteiger partial charge >= 0.3 is 0 Å². The van der Waals surface area contributed by atoms with Gasteiger partial charge in [0.15, 0.2) is 17.5 Å². The molecule has 0 saturated carbocycles. The third kappa shape index (κ3) is 6.63. The second-order valence-corrected chi connectivity index (χ2v) is 8.11. The maximum absolute atomic E-state index is 5.74. The summed E-state index contributed by atoms with van der Waals surface area (Å²) in [6.07, 6.45) is 2.25. The topological polar surface area (TPSA) is 84.2 Å². The second-order valence-electron chi connectivity index (χ2n) is 8.11. The first-order chi connectivity index (χ1) is 15.5. The van der Waals surface area contributed by atoms with E-state index >= 15 is 0 Å². The van der Waals surface area contributed by atoms with Gasteiger partial charge in [0.25, 0.3) is 0 Å². The smallest absolute Gasteiger partial charge is 0.208 e. The molecule has 1 aliphatic rings. The zero-order valence-electron chi connectivity index (χ0n) is 20.0. The lowest BCUT2D eigenvalue weighted by atomic mass is 9.97. The molecule has 0 radical (unpaired) electrons. The summed E-state index contributed by atoms with van der Waals surface area (Å²) in [4.78, 5) is 11.8. The lowest BCUT2D eigenvalue weighted by Gasteiger charge is -2.30. The monoisotopic (exact) mass is 443 g/mol. The SMILES string of the molecule is CCNC(=NCC1CCN(Cc2nc(C)c(C)o2)CC1)Nc1ccc(OC)c(OCC)c1. The average Bonchev–Trinajstić information content (AvgIpc) is 3.10. The van der Waals surface area contributed by atoms with Crippen molar-refractivity contribution in [3.8, 4) is 11.5 Å². The zero-order chi connectivity index (χ0) is 22.9. The number of aryl methyl sites for hydroxylation is 2. The molecule has 0 atom stereocenters. The molecule has 1 fully saturated rings. The number of aromatic nitrogens is 1. The number of aliphatic imine (C=N–C) groups is 1. The molecular formula is C24H37N5O3. The van der Waals surface area contributed by atoms with Crippen molar-refractivity contribution in [2.24, 2.45) is 10.9 Å². The van der Waals surface area contributed by atoms with Gasteiger partial charge in [-0.3, -0.25) is 9.89 Å². The van der Waals surface area contributed by atoms with Gasteiger partial charge in [-0.05, 0) is 71.7 Å². The van der Waals surface area contributed by atoms with Gasteiger partial charge in [-0.25, -0.2) is 4.98 Å². The highest BCUT2D eigenvalue weighted by Crippen LogP contribution is 2.30. The molecule has 0 bridgehead atoms. The predicted octanol–water partition coefficient (Wildman–Crippen LogP) is 3.99. The summed E-state index contributed by atoms with van der Waals surface area (Å²) in [5, 5.41) is 6.73. The molecule has 176 valence electrons. The van der Waals surface area contributed by atoms with Gasteiger partial charge < -0.3 is 24.5 Å². The minimum atomic E-state index is 0.574. The van der Waals surface area contributed by atoms with Crippen LogP contribution in [0.15, 0.2) is 27.6 Å². The normalized spacial score (nSPS) is 15.6. The largest absolute Gasteiger partial charge is 0.493 e. The van der Waals surface area contributed by atoms with Gasteiger partial charge in [-0.2, -0.15) is 0 Å². The highest BCUT2D eigenvalue weighted by Gasteiger charge is 2.21. The number of guanidine groups is 1. The van der Waals surface area contributed by atoms with E-state index in [9.17, 15) is 0 Å². The molecule has 3 rings (SSSR count). The van der Waals surface area contributed by atoms with E-state index in [-0.39, 0.29) is 0 Å². The Hall–Kier alpha value is -2.74. The quantitative estimate of drug-likeness (QED) is 0.448. The van der Waals surface area contributed by atoms with Crippen LogP contribution in [0.1, 0.15) is 44.0 Å². The van der Waals surface area contributed by atoms with E-state index in [4.69, 9.17) is 18.9 Å². The summed E-state index contributed by atoms with van der Waals surface area (Å²) < 4.78 is 16.8. The number of likely N-dealkylation sites (tertiary alicyclic amines) is 1. The fourth-order valence-corrected chi connectivity index (χ4v) is 3.81. The molecule has 0 unspecified atom stereocenters. The van der Waals surface area contributed by atoms with Gasteiger partial charge in [0.1, 0.15) is 5.76 Å². The molecule has 1 aromatic heterocycles. The van der Waals surface area contributed by atoms with E-state index in [2.05, 4.69) is 27.4 Å². The number of hydrogen-bond donors (Lipinski definition) is 2. The Kier molecular flexibility index (Phi) is 8.79. The summed E-state index contributed by atoms with van der Waals surface area (Å²) in [5.41, 5.74) is 1.90. The van der Waals surface area contributed by atoms with E-state index in [0.29, 0.717) is 12.5 Å². The van der Waals surface area contributed by atoms with Crippen molar-refractivity contribution in [1.29, 1.82) is 0 Å². The Balaban J connectivity index is 1.53. The van der Waals surface area contributed by atoms with Crippen molar-refractivity contribution < 1.29 is 13.9 Å². The van der Waals surface area contributed by atoms with Crippen molar-refractivity contribution in [2.45, 2.75) is 47.1 Å². The van der Waals surface area contributed by atoms with Gasteiger partial charge in [-0.1, -0.05) is 0 Å². The van der Waals surface area contributed by atoms with Gasteiger partial charge in [0.05, 0.1) is 26.0 Å². The molecule has 32 heavy (non-hydrogen) atoms. The summed E-state index contributed by atoms with van der Waals surface area (Å²) in [5.74, 6) is 4.54. The van der Waals surface area contributed by atoms with E-state index in [1.54, 1.807) is 7.11 Å². The first-order valence-electron chi connectivity index (χ1n) is 11.5. The molecule has 0 amide bonds. The number of benzene rings is 1. The summed E-state index contributed by atoms with van der Waals surface area (Å²) in [7, 11) is 1.65. The molecule has 1 saturated heterocycles. The van der Waals surface area contributed by atoms with E-state index < -0.39 is 0 Å². The molecule has 2 heterocycles. The first kappa shape index (κ1) is 23.9. The van der Waals surface area contributed by atoms with E-state index in [1.807, 2.05) is 39.0 Å². The number of nitrogens with zero attached hydrogens (tertiary/aromatic N) is 3. The lowest BCUT2D eigenvalue weighted by molar-refractivity contribution is 0.166. The number of anilines is 1. The fraction of sp³-hybridized carbons (Fsp3) is 0.583. The number of oxazole rings is 1. The molecule has 2 aromatic rings. The van der Waals surface area contributed by atoms with Crippen LogP contribution in [0.2, 0.25) is 0 Å². The third-order valence-electron chi connectivity index (χ3n) is 5.72. The lowest BCUT2D eigenvalue weighted by Crippen LogP contribution is -2.35. The van der Waals surface area contributed by atoms with Crippen LogP contribution in [0.4, 0.5) is 5.69 Å². The maximum Gasteiger partial charge on any atom is 0.208 e. The number of rotatable bonds is 9. The highest BCUT2D eigenvalue weighted by molar-refractivity contribution is 5.93. The molecule has 8 nitrogen and oxygen atoms in total. The number of piperidine rings is 1. The number of ether oxygens (including phenoxy) is 2. The molecule has 0 aliphatic carbocycles. The Bertz CT molecular complexity index is 868. The minimum absolute atomic E-state index is 0.574. The van der Waals surface area contributed by atoms with Crippen molar-refractivity contribution in [3.05, 3.63) is 35.5 Å². The van der Waals surface area contributed by atoms with Gasteiger partial charge in [0.2, 0.25) is 5.89 Å². The minimum Gasteiger partial charge on any atom is -0.493 e.